The van der Waals surface area contributed by atoms with Crippen LogP contribution < -0.4 is 9.46 Å². The van der Waals surface area contributed by atoms with Gasteiger partial charge in [-0.1, -0.05) is 29.8 Å². The fourth-order valence-corrected chi connectivity index (χ4v) is 2.86. The van der Waals surface area contributed by atoms with Gasteiger partial charge in [0.2, 0.25) is 10.0 Å². The Labute approximate surface area is 123 Å². The van der Waals surface area contributed by atoms with E-state index < -0.39 is 10.0 Å². The van der Waals surface area contributed by atoms with Crippen molar-refractivity contribution in [2.24, 2.45) is 0 Å². The van der Waals surface area contributed by atoms with Gasteiger partial charge in [0.15, 0.2) is 0 Å². The van der Waals surface area contributed by atoms with Crippen LogP contribution in [0.5, 0.6) is 5.75 Å². The predicted molar refractivity (Wildman–Crippen MR) is 78.5 cm³/mol. The standard InChI is InChI=1S/C14H14ClNO3S/c1-19-12-6-8-13(9-7-12)20(17,18)16-10-11-4-2-3-5-14(11)15/h2-9,16H,10H2,1H3. The van der Waals surface area contributed by atoms with E-state index in [2.05, 4.69) is 4.72 Å². The maximum absolute atomic E-state index is 12.1. The smallest absolute Gasteiger partial charge is 0.240 e. The van der Waals surface area contributed by atoms with E-state index in [1.54, 1.807) is 30.3 Å². The topological polar surface area (TPSA) is 55.4 Å². The van der Waals surface area contributed by atoms with Crippen LogP contribution in [0, 0.1) is 0 Å². The van der Waals surface area contributed by atoms with Crippen LogP contribution in [0.4, 0.5) is 0 Å². The second kappa shape index (κ2) is 6.26. The van der Waals surface area contributed by atoms with Crippen molar-refractivity contribution in [3.05, 3.63) is 59.1 Å². The molecule has 0 saturated carbocycles. The van der Waals surface area contributed by atoms with Gasteiger partial charge >= 0.3 is 0 Å². The first-order chi connectivity index (χ1) is 9.53. The monoisotopic (exact) mass is 311 g/mol. The Bertz CT molecular complexity index is 684. The van der Waals surface area contributed by atoms with E-state index in [-0.39, 0.29) is 11.4 Å². The van der Waals surface area contributed by atoms with Crippen LogP contribution in [0.3, 0.4) is 0 Å². The first-order valence-corrected chi connectivity index (χ1v) is 7.76. The van der Waals surface area contributed by atoms with Gasteiger partial charge in [-0.3, -0.25) is 0 Å². The molecule has 0 bridgehead atoms. The third kappa shape index (κ3) is 3.50. The Morgan fingerprint density at radius 2 is 1.75 bits per heavy atom. The molecule has 0 saturated heterocycles. The molecule has 0 amide bonds. The Morgan fingerprint density at radius 1 is 1.10 bits per heavy atom. The molecule has 2 aromatic carbocycles. The molecule has 0 spiro atoms. The van der Waals surface area contributed by atoms with Gasteiger partial charge in [-0.2, -0.15) is 0 Å². The quantitative estimate of drug-likeness (QED) is 0.924. The number of halogens is 1. The highest BCUT2D eigenvalue weighted by atomic mass is 35.5. The number of hydrogen-bond acceptors (Lipinski definition) is 3. The Balaban J connectivity index is 2.13. The molecule has 0 atom stereocenters. The summed E-state index contributed by atoms with van der Waals surface area (Å²) < 4.78 is 31.8. The normalized spacial score (nSPS) is 11.3. The molecule has 106 valence electrons. The average Bonchev–Trinajstić information content (AvgIpc) is 2.46. The van der Waals surface area contributed by atoms with Crippen molar-refractivity contribution in [1.82, 2.24) is 4.72 Å². The maximum atomic E-state index is 12.1. The van der Waals surface area contributed by atoms with E-state index in [0.717, 1.165) is 5.56 Å². The number of methoxy groups -OCH3 is 1. The van der Waals surface area contributed by atoms with E-state index in [0.29, 0.717) is 10.8 Å². The third-order valence-corrected chi connectivity index (χ3v) is 4.57. The Hall–Kier alpha value is -1.56. The zero-order valence-corrected chi connectivity index (χ0v) is 12.4. The summed E-state index contributed by atoms with van der Waals surface area (Å²) in [6.45, 7) is 0.147. The van der Waals surface area contributed by atoms with Gasteiger partial charge in [0, 0.05) is 11.6 Å². The van der Waals surface area contributed by atoms with Crippen molar-refractivity contribution in [3.8, 4) is 5.75 Å². The summed E-state index contributed by atoms with van der Waals surface area (Å²) in [6.07, 6.45) is 0. The number of benzene rings is 2. The fraction of sp³-hybridized carbons (Fsp3) is 0.143. The van der Waals surface area contributed by atoms with E-state index in [1.807, 2.05) is 6.07 Å². The van der Waals surface area contributed by atoms with E-state index in [1.165, 1.54) is 19.2 Å². The molecule has 0 aliphatic rings. The van der Waals surface area contributed by atoms with Crippen molar-refractivity contribution in [2.45, 2.75) is 11.4 Å². The minimum absolute atomic E-state index is 0.147. The molecule has 0 heterocycles. The molecule has 4 nitrogen and oxygen atoms in total. The molecule has 1 N–H and O–H groups in total. The van der Waals surface area contributed by atoms with Crippen molar-refractivity contribution in [1.29, 1.82) is 0 Å². The molecule has 2 aromatic rings. The van der Waals surface area contributed by atoms with Crippen LogP contribution in [0.2, 0.25) is 5.02 Å². The minimum atomic E-state index is -3.56. The number of nitrogens with one attached hydrogen (secondary N) is 1. The summed E-state index contributed by atoms with van der Waals surface area (Å²) >= 11 is 5.99. The molecule has 0 aromatic heterocycles. The van der Waals surface area contributed by atoms with Gasteiger partial charge in [0.25, 0.3) is 0 Å². The predicted octanol–water partition coefficient (Wildman–Crippen LogP) is 2.83. The van der Waals surface area contributed by atoms with Crippen molar-refractivity contribution < 1.29 is 13.2 Å². The van der Waals surface area contributed by atoms with Gasteiger partial charge in [-0.25, -0.2) is 13.1 Å². The summed E-state index contributed by atoms with van der Waals surface area (Å²) in [4.78, 5) is 0.186. The van der Waals surface area contributed by atoms with Crippen molar-refractivity contribution in [2.75, 3.05) is 7.11 Å². The van der Waals surface area contributed by atoms with Crippen LogP contribution in [-0.4, -0.2) is 15.5 Å². The summed E-state index contributed by atoms with van der Waals surface area (Å²) in [7, 11) is -2.04. The van der Waals surface area contributed by atoms with E-state index >= 15 is 0 Å². The summed E-state index contributed by atoms with van der Waals surface area (Å²) in [5.74, 6) is 0.607. The van der Waals surface area contributed by atoms with Gasteiger partial charge in [-0.05, 0) is 35.9 Å². The number of rotatable bonds is 5. The largest absolute Gasteiger partial charge is 0.497 e. The second-order valence-corrected chi connectivity index (χ2v) is 6.27. The molecule has 0 fully saturated rings. The molecular weight excluding hydrogens is 298 g/mol. The van der Waals surface area contributed by atoms with Gasteiger partial charge in [0.05, 0.1) is 12.0 Å². The molecular formula is C14H14ClNO3S. The molecule has 6 heteroatoms. The molecule has 0 aliphatic carbocycles. The SMILES string of the molecule is COc1ccc(S(=O)(=O)NCc2ccccc2Cl)cc1. The van der Waals surface area contributed by atoms with Crippen LogP contribution in [0.25, 0.3) is 0 Å². The molecule has 0 aliphatic heterocycles. The second-order valence-electron chi connectivity index (χ2n) is 4.09. The van der Waals surface area contributed by atoms with Gasteiger partial charge in [-0.15, -0.1) is 0 Å². The van der Waals surface area contributed by atoms with Crippen LogP contribution in [-0.2, 0) is 16.6 Å². The van der Waals surface area contributed by atoms with Crippen LogP contribution >= 0.6 is 11.6 Å². The number of hydrogen-bond donors (Lipinski definition) is 1. The molecule has 20 heavy (non-hydrogen) atoms. The number of sulfonamides is 1. The zero-order valence-electron chi connectivity index (χ0n) is 10.8. The fourth-order valence-electron chi connectivity index (χ4n) is 1.65. The average molecular weight is 312 g/mol. The highest BCUT2D eigenvalue weighted by Crippen LogP contribution is 2.18. The highest BCUT2D eigenvalue weighted by Gasteiger charge is 2.14. The van der Waals surface area contributed by atoms with E-state index in [4.69, 9.17) is 16.3 Å². The van der Waals surface area contributed by atoms with Crippen molar-refractivity contribution in [3.63, 3.8) is 0 Å². The summed E-state index contributed by atoms with van der Waals surface area (Å²) in [5.41, 5.74) is 0.728. The minimum Gasteiger partial charge on any atom is -0.497 e. The number of ether oxygens (including phenoxy) is 1. The van der Waals surface area contributed by atoms with Crippen LogP contribution in [0.1, 0.15) is 5.56 Å². The first kappa shape index (κ1) is 14.8. The Kier molecular flexibility index (Phi) is 4.65. The van der Waals surface area contributed by atoms with Gasteiger partial charge < -0.3 is 4.74 Å². The van der Waals surface area contributed by atoms with E-state index in [9.17, 15) is 8.42 Å². The Morgan fingerprint density at radius 3 is 2.35 bits per heavy atom. The lowest BCUT2D eigenvalue weighted by molar-refractivity contribution is 0.414. The zero-order chi connectivity index (χ0) is 14.6. The lowest BCUT2D eigenvalue weighted by Crippen LogP contribution is -2.23. The maximum Gasteiger partial charge on any atom is 0.240 e. The molecule has 0 radical (unpaired) electrons. The summed E-state index contributed by atoms with van der Waals surface area (Å²) in [6, 6.07) is 13.3. The third-order valence-electron chi connectivity index (χ3n) is 2.78. The summed E-state index contributed by atoms with van der Waals surface area (Å²) in [5, 5.41) is 0.532. The molecule has 0 unspecified atom stereocenters. The van der Waals surface area contributed by atoms with Crippen molar-refractivity contribution >= 4 is 21.6 Å². The van der Waals surface area contributed by atoms with Crippen LogP contribution in [0.15, 0.2) is 53.4 Å². The lowest BCUT2D eigenvalue weighted by Gasteiger charge is -2.08. The van der Waals surface area contributed by atoms with Gasteiger partial charge in [0.1, 0.15) is 5.75 Å². The molecule has 2 rings (SSSR count). The lowest BCUT2D eigenvalue weighted by atomic mass is 10.2. The highest BCUT2D eigenvalue weighted by molar-refractivity contribution is 7.89. The first-order valence-electron chi connectivity index (χ1n) is 5.90.